The molecule has 0 saturated heterocycles. The maximum absolute atomic E-state index is 11.4. The highest BCUT2D eigenvalue weighted by Crippen LogP contribution is 2.31. The van der Waals surface area contributed by atoms with Crippen molar-refractivity contribution >= 4 is 17.4 Å². The van der Waals surface area contributed by atoms with Gasteiger partial charge >= 0.3 is 0 Å². The van der Waals surface area contributed by atoms with E-state index in [1.165, 1.54) is 0 Å². The van der Waals surface area contributed by atoms with Crippen molar-refractivity contribution in [2.24, 2.45) is 5.92 Å². The number of halogens is 1. The van der Waals surface area contributed by atoms with Crippen LogP contribution in [0.1, 0.15) is 24.8 Å². The second-order valence-corrected chi connectivity index (χ2v) is 4.69. The first-order valence-corrected chi connectivity index (χ1v) is 5.96. The number of ether oxygens (including phenoxy) is 1. The first-order valence-electron chi connectivity index (χ1n) is 5.58. The zero-order valence-electron chi connectivity index (χ0n) is 9.33. The second kappa shape index (κ2) is 4.88. The molecule has 16 heavy (non-hydrogen) atoms. The van der Waals surface area contributed by atoms with E-state index >= 15 is 0 Å². The fourth-order valence-corrected chi connectivity index (χ4v) is 1.87. The van der Waals surface area contributed by atoms with Crippen molar-refractivity contribution in [2.45, 2.75) is 26.2 Å². The largest absolute Gasteiger partial charge is 0.493 e. The van der Waals surface area contributed by atoms with Crippen LogP contribution < -0.4 is 4.74 Å². The van der Waals surface area contributed by atoms with E-state index in [0.29, 0.717) is 29.8 Å². The van der Waals surface area contributed by atoms with Gasteiger partial charge in [-0.15, -0.1) is 0 Å². The van der Waals surface area contributed by atoms with E-state index in [9.17, 15) is 4.79 Å². The molecule has 0 radical (unpaired) electrons. The Kier molecular flexibility index (Phi) is 3.49. The fraction of sp³-hybridized carbons (Fsp3) is 0.462. The molecular weight excluding hydrogens is 224 g/mol. The first kappa shape index (κ1) is 11.5. The van der Waals surface area contributed by atoms with Crippen LogP contribution >= 0.6 is 11.6 Å². The van der Waals surface area contributed by atoms with Gasteiger partial charge in [0.15, 0.2) is 0 Å². The van der Waals surface area contributed by atoms with E-state index in [1.807, 2.05) is 19.1 Å². The molecule has 0 aromatic heterocycles. The van der Waals surface area contributed by atoms with Crippen molar-refractivity contribution in [3.05, 3.63) is 28.8 Å². The minimum Gasteiger partial charge on any atom is -0.493 e. The average molecular weight is 239 g/mol. The van der Waals surface area contributed by atoms with Gasteiger partial charge in [-0.25, -0.2) is 0 Å². The minimum absolute atomic E-state index is 0.329. The SMILES string of the molecule is Cc1cc(Cl)ccc1OCCC(=O)C1CC1. The molecule has 3 heteroatoms. The predicted molar refractivity (Wildman–Crippen MR) is 64.0 cm³/mol. The Balaban J connectivity index is 1.82. The Labute approximate surface area is 101 Å². The standard InChI is InChI=1S/C13H15ClO2/c1-9-8-11(14)4-5-13(9)16-7-6-12(15)10-2-3-10/h4-5,8,10H,2-3,6-7H2,1H3. The van der Waals surface area contributed by atoms with Crippen LogP contribution in [0, 0.1) is 12.8 Å². The van der Waals surface area contributed by atoms with Gasteiger partial charge < -0.3 is 4.74 Å². The highest BCUT2D eigenvalue weighted by Gasteiger charge is 2.28. The summed E-state index contributed by atoms with van der Waals surface area (Å²) in [5.74, 6) is 1.48. The summed E-state index contributed by atoms with van der Waals surface area (Å²) in [6.07, 6.45) is 2.66. The topological polar surface area (TPSA) is 26.3 Å². The van der Waals surface area contributed by atoms with E-state index in [1.54, 1.807) is 6.07 Å². The Morgan fingerprint density at radius 2 is 2.25 bits per heavy atom. The van der Waals surface area contributed by atoms with E-state index < -0.39 is 0 Å². The van der Waals surface area contributed by atoms with Crippen LogP contribution in [0.3, 0.4) is 0 Å². The predicted octanol–water partition coefficient (Wildman–Crippen LogP) is 3.40. The summed E-state index contributed by atoms with van der Waals surface area (Å²) in [6, 6.07) is 5.51. The summed E-state index contributed by atoms with van der Waals surface area (Å²) in [5.41, 5.74) is 1.01. The number of hydrogen-bond donors (Lipinski definition) is 0. The van der Waals surface area contributed by atoms with Crippen molar-refractivity contribution in [1.82, 2.24) is 0 Å². The van der Waals surface area contributed by atoms with Gasteiger partial charge in [-0.3, -0.25) is 4.79 Å². The summed E-state index contributed by atoms with van der Waals surface area (Å²) in [4.78, 5) is 11.4. The molecule has 0 N–H and O–H groups in total. The van der Waals surface area contributed by atoms with Crippen molar-refractivity contribution < 1.29 is 9.53 Å². The number of benzene rings is 1. The summed E-state index contributed by atoms with van der Waals surface area (Å²) in [5, 5.41) is 0.707. The molecule has 2 nitrogen and oxygen atoms in total. The molecule has 0 amide bonds. The van der Waals surface area contributed by atoms with E-state index in [4.69, 9.17) is 16.3 Å². The lowest BCUT2D eigenvalue weighted by atomic mass is 10.2. The van der Waals surface area contributed by atoms with E-state index in [2.05, 4.69) is 0 Å². The first-order chi connectivity index (χ1) is 7.66. The number of aryl methyl sites for hydroxylation is 1. The van der Waals surface area contributed by atoms with Crippen molar-refractivity contribution in [3.8, 4) is 5.75 Å². The van der Waals surface area contributed by atoms with E-state index in [0.717, 1.165) is 24.2 Å². The van der Waals surface area contributed by atoms with Gasteiger partial charge in [0.05, 0.1) is 6.61 Å². The number of carbonyl (C=O) groups excluding carboxylic acids is 1. The molecule has 1 aliphatic carbocycles. The van der Waals surface area contributed by atoms with Gasteiger partial charge in [-0.1, -0.05) is 11.6 Å². The van der Waals surface area contributed by atoms with Crippen molar-refractivity contribution in [1.29, 1.82) is 0 Å². The Morgan fingerprint density at radius 1 is 1.50 bits per heavy atom. The lowest BCUT2D eigenvalue weighted by Gasteiger charge is -2.08. The highest BCUT2D eigenvalue weighted by atomic mass is 35.5. The van der Waals surface area contributed by atoms with Crippen LogP contribution in [0.25, 0.3) is 0 Å². The second-order valence-electron chi connectivity index (χ2n) is 4.25. The van der Waals surface area contributed by atoms with E-state index in [-0.39, 0.29) is 0 Å². The number of rotatable bonds is 5. The highest BCUT2D eigenvalue weighted by molar-refractivity contribution is 6.30. The lowest BCUT2D eigenvalue weighted by Crippen LogP contribution is -2.08. The number of carbonyl (C=O) groups is 1. The third-order valence-corrected chi connectivity index (χ3v) is 3.01. The monoisotopic (exact) mass is 238 g/mol. The minimum atomic E-state index is 0.329. The van der Waals surface area contributed by atoms with Gasteiger partial charge in [-0.2, -0.15) is 0 Å². The molecule has 1 aromatic rings. The Morgan fingerprint density at radius 3 is 2.88 bits per heavy atom. The molecule has 0 spiro atoms. The molecule has 2 rings (SSSR count). The van der Waals surface area contributed by atoms with Crippen LogP contribution in [0.2, 0.25) is 5.02 Å². The van der Waals surface area contributed by atoms with Gasteiger partial charge in [0.1, 0.15) is 11.5 Å². The third-order valence-electron chi connectivity index (χ3n) is 2.78. The summed E-state index contributed by atoms with van der Waals surface area (Å²) in [7, 11) is 0. The smallest absolute Gasteiger partial charge is 0.139 e. The van der Waals surface area contributed by atoms with Crippen molar-refractivity contribution in [2.75, 3.05) is 6.61 Å². The average Bonchev–Trinajstić information content (AvgIpc) is 3.04. The van der Waals surface area contributed by atoms with Gasteiger partial charge in [-0.05, 0) is 43.5 Å². The zero-order valence-corrected chi connectivity index (χ0v) is 10.1. The molecule has 86 valence electrons. The lowest BCUT2D eigenvalue weighted by molar-refractivity contribution is -0.120. The molecule has 1 aliphatic rings. The number of Topliss-reactive ketones (excluding diaryl/α,β-unsaturated/α-hetero) is 1. The van der Waals surface area contributed by atoms with Gasteiger partial charge in [0.2, 0.25) is 0 Å². The Bertz CT molecular complexity index is 397. The molecule has 0 aliphatic heterocycles. The molecule has 1 saturated carbocycles. The van der Waals surface area contributed by atoms with Crippen LogP contribution in [-0.2, 0) is 4.79 Å². The summed E-state index contributed by atoms with van der Waals surface area (Å²) >= 11 is 5.84. The van der Waals surface area contributed by atoms with Crippen LogP contribution in [0.4, 0.5) is 0 Å². The van der Waals surface area contributed by atoms with Crippen LogP contribution in [0.15, 0.2) is 18.2 Å². The van der Waals surface area contributed by atoms with Crippen LogP contribution in [-0.4, -0.2) is 12.4 Å². The maximum Gasteiger partial charge on any atom is 0.139 e. The van der Waals surface area contributed by atoms with Crippen molar-refractivity contribution in [3.63, 3.8) is 0 Å². The summed E-state index contributed by atoms with van der Waals surface area (Å²) < 4.78 is 5.56. The molecule has 0 unspecified atom stereocenters. The zero-order chi connectivity index (χ0) is 11.5. The Hall–Kier alpha value is -1.02. The molecule has 1 aromatic carbocycles. The molecular formula is C13H15ClO2. The van der Waals surface area contributed by atoms with Crippen LogP contribution in [0.5, 0.6) is 5.75 Å². The summed E-state index contributed by atoms with van der Waals surface area (Å²) in [6.45, 7) is 2.42. The normalized spacial score (nSPS) is 14.9. The quantitative estimate of drug-likeness (QED) is 0.786. The third kappa shape index (κ3) is 2.99. The maximum atomic E-state index is 11.4. The fourth-order valence-electron chi connectivity index (χ4n) is 1.65. The number of ketones is 1. The van der Waals surface area contributed by atoms with Gasteiger partial charge in [0, 0.05) is 17.4 Å². The molecule has 0 atom stereocenters. The van der Waals surface area contributed by atoms with Gasteiger partial charge in [0.25, 0.3) is 0 Å². The molecule has 0 bridgehead atoms. The molecule has 0 heterocycles. The number of hydrogen-bond acceptors (Lipinski definition) is 2. The molecule has 1 fully saturated rings.